The van der Waals surface area contributed by atoms with E-state index in [0.717, 1.165) is 11.8 Å². The van der Waals surface area contributed by atoms with Gasteiger partial charge in [-0.25, -0.2) is 0 Å². The normalized spacial score (nSPS) is 31.8. The molecule has 0 aromatic carbocycles. The van der Waals surface area contributed by atoms with Crippen molar-refractivity contribution in [1.82, 2.24) is 0 Å². The summed E-state index contributed by atoms with van der Waals surface area (Å²) < 4.78 is 0. The molecule has 1 fully saturated rings. The second-order valence-electron chi connectivity index (χ2n) is 5.93. The summed E-state index contributed by atoms with van der Waals surface area (Å²) in [6.45, 7) is 8.67. The van der Waals surface area contributed by atoms with Crippen molar-refractivity contribution in [3.8, 4) is 0 Å². The molecule has 0 aliphatic heterocycles. The lowest BCUT2D eigenvalue weighted by atomic mass is 9.68. The van der Waals surface area contributed by atoms with Gasteiger partial charge in [0.15, 0.2) is 0 Å². The minimum atomic E-state index is -0.285. The Balaban J connectivity index is 2.63. The SMILES string of the molecule is C/C(=C\C1(C)CCC(C(C)C)CC1)C(N)=O. The first-order valence-electron chi connectivity index (χ1n) is 6.33. The van der Waals surface area contributed by atoms with Crippen LogP contribution in [-0.2, 0) is 4.79 Å². The maximum absolute atomic E-state index is 11.0. The van der Waals surface area contributed by atoms with Crippen molar-refractivity contribution in [3.05, 3.63) is 11.6 Å². The standard InChI is InChI=1S/C14H25NO/c1-10(2)12-5-7-14(4,8-6-12)9-11(3)13(15)16/h9-10,12H,5-8H2,1-4H3,(H2,15,16)/b11-9+. The van der Waals surface area contributed by atoms with Gasteiger partial charge in [0.1, 0.15) is 0 Å². The van der Waals surface area contributed by atoms with Crippen molar-refractivity contribution >= 4 is 5.91 Å². The molecule has 92 valence electrons. The van der Waals surface area contributed by atoms with Crippen LogP contribution in [0.15, 0.2) is 11.6 Å². The van der Waals surface area contributed by atoms with Gasteiger partial charge in [0, 0.05) is 5.57 Å². The summed E-state index contributed by atoms with van der Waals surface area (Å²) in [5.41, 5.74) is 6.18. The summed E-state index contributed by atoms with van der Waals surface area (Å²) in [5, 5.41) is 0. The number of allylic oxidation sites excluding steroid dienone is 1. The highest BCUT2D eigenvalue weighted by atomic mass is 16.1. The number of rotatable bonds is 3. The Morgan fingerprint density at radius 3 is 2.25 bits per heavy atom. The molecule has 2 nitrogen and oxygen atoms in total. The molecule has 1 amide bonds. The van der Waals surface area contributed by atoms with Crippen molar-refractivity contribution in [2.45, 2.75) is 53.4 Å². The molecule has 0 heterocycles. The Kier molecular flexibility index (Phi) is 4.17. The van der Waals surface area contributed by atoms with Crippen LogP contribution in [0.3, 0.4) is 0 Å². The van der Waals surface area contributed by atoms with Crippen LogP contribution in [0.5, 0.6) is 0 Å². The van der Waals surface area contributed by atoms with Gasteiger partial charge < -0.3 is 5.73 Å². The highest BCUT2D eigenvalue weighted by molar-refractivity contribution is 5.91. The molecule has 1 aliphatic rings. The third-order valence-electron chi connectivity index (χ3n) is 4.07. The summed E-state index contributed by atoms with van der Waals surface area (Å²) >= 11 is 0. The number of primary amides is 1. The first-order valence-corrected chi connectivity index (χ1v) is 6.33. The van der Waals surface area contributed by atoms with Gasteiger partial charge in [-0.15, -0.1) is 0 Å². The van der Waals surface area contributed by atoms with E-state index < -0.39 is 0 Å². The van der Waals surface area contributed by atoms with Crippen LogP contribution in [0.25, 0.3) is 0 Å². The number of amides is 1. The maximum atomic E-state index is 11.0. The van der Waals surface area contributed by atoms with Crippen molar-refractivity contribution in [1.29, 1.82) is 0 Å². The minimum absolute atomic E-state index is 0.185. The molecular formula is C14H25NO. The third kappa shape index (κ3) is 3.36. The topological polar surface area (TPSA) is 43.1 Å². The largest absolute Gasteiger partial charge is 0.366 e. The van der Waals surface area contributed by atoms with Gasteiger partial charge in [0.2, 0.25) is 5.91 Å². The van der Waals surface area contributed by atoms with E-state index >= 15 is 0 Å². The van der Waals surface area contributed by atoms with E-state index in [-0.39, 0.29) is 11.3 Å². The molecule has 0 aromatic rings. The highest BCUT2D eigenvalue weighted by Gasteiger charge is 2.30. The summed E-state index contributed by atoms with van der Waals surface area (Å²) in [5.74, 6) is 1.35. The average Bonchev–Trinajstić information content (AvgIpc) is 2.17. The van der Waals surface area contributed by atoms with Crippen LogP contribution >= 0.6 is 0 Å². The predicted molar refractivity (Wildman–Crippen MR) is 67.9 cm³/mol. The van der Waals surface area contributed by atoms with Crippen LogP contribution in [0.1, 0.15) is 53.4 Å². The van der Waals surface area contributed by atoms with E-state index in [2.05, 4.69) is 26.8 Å². The molecule has 2 N–H and O–H groups in total. The molecule has 0 radical (unpaired) electrons. The number of nitrogens with two attached hydrogens (primary N) is 1. The summed E-state index contributed by atoms with van der Waals surface area (Å²) in [7, 11) is 0. The average molecular weight is 223 g/mol. The molecule has 0 aromatic heterocycles. The van der Waals surface area contributed by atoms with Crippen molar-refractivity contribution < 1.29 is 4.79 Å². The van der Waals surface area contributed by atoms with Crippen LogP contribution in [0.2, 0.25) is 0 Å². The van der Waals surface area contributed by atoms with Crippen LogP contribution < -0.4 is 5.73 Å². The van der Waals surface area contributed by atoms with Crippen LogP contribution in [0.4, 0.5) is 0 Å². The molecule has 16 heavy (non-hydrogen) atoms. The Morgan fingerprint density at radius 1 is 1.38 bits per heavy atom. The van der Waals surface area contributed by atoms with Crippen LogP contribution in [-0.4, -0.2) is 5.91 Å². The smallest absolute Gasteiger partial charge is 0.244 e. The highest BCUT2D eigenvalue weighted by Crippen LogP contribution is 2.42. The molecule has 0 unspecified atom stereocenters. The zero-order valence-electron chi connectivity index (χ0n) is 11.0. The molecule has 1 saturated carbocycles. The van der Waals surface area contributed by atoms with E-state index in [9.17, 15) is 4.79 Å². The van der Waals surface area contributed by atoms with E-state index in [1.54, 1.807) is 0 Å². The fourth-order valence-corrected chi connectivity index (χ4v) is 2.70. The minimum Gasteiger partial charge on any atom is -0.366 e. The van der Waals surface area contributed by atoms with Crippen molar-refractivity contribution in [3.63, 3.8) is 0 Å². The number of carbonyl (C=O) groups is 1. The Hall–Kier alpha value is -0.790. The van der Waals surface area contributed by atoms with E-state index in [0.29, 0.717) is 5.57 Å². The first kappa shape index (κ1) is 13.3. The lowest BCUT2D eigenvalue weighted by molar-refractivity contribution is -0.114. The van der Waals surface area contributed by atoms with Crippen LogP contribution in [0, 0.1) is 17.3 Å². The van der Waals surface area contributed by atoms with Gasteiger partial charge in [-0.1, -0.05) is 26.8 Å². The molecule has 2 heteroatoms. The van der Waals surface area contributed by atoms with E-state index in [4.69, 9.17) is 5.73 Å². The predicted octanol–water partition coefficient (Wildman–Crippen LogP) is 3.27. The van der Waals surface area contributed by atoms with Gasteiger partial charge in [-0.05, 0) is 49.9 Å². The molecule has 0 bridgehead atoms. The fourth-order valence-electron chi connectivity index (χ4n) is 2.70. The van der Waals surface area contributed by atoms with Crippen molar-refractivity contribution in [2.75, 3.05) is 0 Å². The molecule has 1 rings (SSSR count). The molecule has 0 atom stereocenters. The maximum Gasteiger partial charge on any atom is 0.244 e. The van der Waals surface area contributed by atoms with Gasteiger partial charge >= 0.3 is 0 Å². The van der Waals surface area contributed by atoms with E-state index in [1.165, 1.54) is 25.7 Å². The number of hydrogen-bond donors (Lipinski definition) is 1. The molecule has 0 spiro atoms. The Bertz CT molecular complexity index is 283. The van der Waals surface area contributed by atoms with Gasteiger partial charge in [-0.3, -0.25) is 4.79 Å². The summed E-state index contributed by atoms with van der Waals surface area (Å²) in [6.07, 6.45) is 7.00. The monoisotopic (exact) mass is 223 g/mol. The fraction of sp³-hybridized carbons (Fsp3) is 0.786. The van der Waals surface area contributed by atoms with Crippen molar-refractivity contribution in [2.24, 2.45) is 23.0 Å². The second-order valence-corrected chi connectivity index (χ2v) is 5.93. The molecular weight excluding hydrogens is 198 g/mol. The number of carbonyl (C=O) groups excluding carboxylic acids is 1. The summed E-state index contributed by atoms with van der Waals surface area (Å²) in [4.78, 5) is 11.0. The second kappa shape index (κ2) is 5.03. The lowest BCUT2D eigenvalue weighted by Gasteiger charge is -2.37. The van der Waals surface area contributed by atoms with Gasteiger partial charge in [-0.2, -0.15) is 0 Å². The molecule has 0 saturated heterocycles. The Labute approximate surface area is 99.3 Å². The lowest BCUT2D eigenvalue weighted by Crippen LogP contribution is -2.26. The molecule has 1 aliphatic carbocycles. The Morgan fingerprint density at radius 2 is 1.88 bits per heavy atom. The van der Waals surface area contributed by atoms with E-state index in [1.807, 2.05) is 6.92 Å². The summed E-state index contributed by atoms with van der Waals surface area (Å²) in [6, 6.07) is 0. The zero-order chi connectivity index (χ0) is 12.3. The quantitative estimate of drug-likeness (QED) is 0.733. The zero-order valence-corrected chi connectivity index (χ0v) is 11.0. The third-order valence-corrected chi connectivity index (χ3v) is 4.07. The van der Waals surface area contributed by atoms with Gasteiger partial charge in [0.25, 0.3) is 0 Å². The number of hydrogen-bond acceptors (Lipinski definition) is 1. The first-order chi connectivity index (χ1) is 7.34. The van der Waals surface area contributed by atoms with Gasteiger partial charge in [0.05, 0.1) is 0 Å².